The second-order valence-corrected chi connectivity index (χ2v) is 5.94. The lowest BCUT2D eigenvalue weighted by Gasteiger charge is -2.18. The first kappa shape index (κ1) is 17.8. The predicted molar refractivity (Wildman–Crippen MR) is 98.5 cm³/mol. The quantitative estimate of drug-likeness (QED) is 0.830. The molecule has 136 valence electrons. The molecular weight excluding hydrogens is 332 g/mol. The van der Waals surface area contributed by atoms with Crippen molar-refractivity contribution < 1.29 is 19.1 Å². The fraction of sp³-hybridized carbons (Fsp3) is 0.300. The predicted octanol–water partition coefficient (Wildman–Crippen LogP) is 2.69. The van der Waals surface area contributed by atoms with Gasteiger partial charge in [-0.05, 0) is 37.3 Å². The summed E-state index contributed by atoms with van der Waals surface area (Å²) >= 11 is 0. The van der Waals surface area contributed by atoms with Gasteiger partial charge in [-0.3, -0.25) is 9.59 Å². The summed E-state index contributed by atoms with van der Waals surface area (Å²) in [5, 5.41) is 2.73. The molecule has 1 heterocycles. The number of nitrogens with zero attached hydrogens (tertiary/aromatic N) is 1. The largest absolute Gasteiger partial charge is 0.494 e. The summed E-state index contributed by atoms with van der Waals surface area (Å²) in [5.74, 6) is 1.01. The van der Waals surface area contributed by atoms with Crippen molar-refractivity contribution in [2.75, 3.05) is 24.7 Å². The van der Waals surface area contributed by atoms with E-state index in [-0.39, 0.29) is 11.8 Å². The second kappa shape index (κ2) is 7.91. The monoisotopic (exact) mass is 354 g/mol. The Morgan fingerprint density at radius 2 is 1.88 bits per heavy atom. The maximum Gasteiger partial charge on any atom is 0.254 e. The molecule has 0 radical (unpaired) electrons. The lowest BCUT2D eigenvalue weighted by molar-refractivity contribution is -0.126. The van der Waals surface area contributed by atoms with Gasteiger partial charge < -0.3 is 19.7 Å². The zero-order chi connectivity index (χ0) is 18.5. The molecule has 26 heavy (non-hydrogen) atoms. The number of para-hydroxylation sites is 1. The van der Waals surface area contributed by atoms with Gasteiger partial charge in [-0.25, -0.2) is 0 Å². The number of rotatable bonds is 7. The van der Waals surface area contributed by atoms with Gasteiger partial charge in [-0.2, -0.15) is 0 Å². The van der Waals surface area contributed by atoms with Crippen molar-refractivity contribution in [2.24, 2.45) is 0 Å². The summed E-state index contributed by atoms with van der Waals surface area (Å²) < 4.78 is 11.2. The number of anilines is 1. The number of carbonyl (C=O) groups is 2. The minimum absolute atomic E-state index is 0.166. The van der Waals surface area contributed by atoms with E-state index in [1.165, 1.54) is 6.92 Å². The molecule has 0 unspecified atom stereocenters. The van der Waals surface area contributed by atoms with E-state index in [1.807, 2.05) is 55.5 Å². The number of amides is 2. The Morgan fingerprint density at radius 3 is 2.58 bits per heavy atom. The van der Waals surface area contributed by atoms with Crippen molar-refractivity contribution >= 4 is 17.5 Å². The van der Waals surface area contributed by atoms with Crippen molar-refractivity contribution in [3.05, 3.63) is 54.1 Å². The molecule has 0 saturated heterocycles. The molecule has 1 N–H and O–H groups in total. The van der Waals surface area contributed by atoms with Crippen LogP contribution in [0, 0.1) is 0 Å². The van der Waals surface area contributed by atoms with Gasteiger partial charge in [0.1, 0.15) is 24.1 Å². The molecule has 0 fully saturated rings. The van der Waals surface area contributed by atoms with Gasteiger partial charge >= 0.3 is 0 Å². The van der Waals surface area contributed by atoms with E-state index in [0.29, 0.717) is 25.5 Å². The van der Waals surface area contributed by atoms with Gasteiger partial charge in [0.15, 0.2) is 0 Å². The van der Waals surface area contributed by atoms with Gasteiger partial charge in [0, 0.05) is 18.2 Å². The summed E-state index contributed by atoms with van der Waals surface area (Å²) in [6.45, 7) is 4.59. The van der Waals surface area contributed by atoms with E-state index in [0.717, 1.165) is 17.0 Å². The highest BCUT2D eigenvalue weighted by molar-refractivity contribution is 6.06. The van der Waals surface area contributed by atoms with Crippen LogP contribution in [0.15, 0.2) is 48.5 Å². The van der Waals surface area contributed by atoms with Gasteiger partial charge in [-0.15, -0.1) is 0 Å². The molecule has 2 aromatic carbocycles. The van der Waals surface area contributed by atoms with E-state index in [1.54, 1.807) is 4.90 Å². The highest BCUT2D eigenvalue weighted by Crippen LogP contribution is 2.38. The average molecular weight is 354 g/mol. The van der Waals surface area contributed by atoms with E-state index in [2.05, 4.69) is 5.32 Å². The molecule has 3 rings (SSSR count). The SMILES string of the molecule is CCOc1ccc2c(c1)[C@H](NC(C)=O)C(=O)N2CCOc1ccccc1. The first-order valence-electron chi connectivity index (χ1n) is 8.63. The third kappa shape index (κ3) is 3.79. The molecule has 6 heteroatoms. The third-order valence-electron chi connectivity index (χ3n) is 4.10. The molecule has 2 aromatic rings. The maximum absolute atomic E-state index is 12.8. The van der Waals surface area contributed by atoms with Crippen molar-refractivity contribution in [2.45, 2.75) is 19.9 Å². The molecule has 0 aliphatic carbocycles. The molecule has 1 aliphatic heterocycles. The number of fused-ring (bicyclic) bond motifs is 1. The van der Waals surface area contributed by atoms with Crippen LogP contribution >= 0.6 is 0 Å². The fourth-order valence-corrected chi connectivity index (χ4v) is 3.02. The Hall–Kier alpha value is -3.02. The molecule has 2 amide bonds. The number of nitrogens with one attached hydrogen (secondary N) is 1. The molecule has 6 nitrogen and oxygen atoms in total. The smallest absolute Gasteiger partial charge is 0.254 e. The van der Waals surface area contributed by atoms with E-state index in [4.69, 9.17) is 9.47 Å². The van der Waals surface area contributed by atoms with Crippen molar-refractivity contribution in [1.29, 1.82) is 0 Å². The lowest BCUT2D eigenvalue weighted by Crippen LogP contribution is -2.38. The zero-order valence-corrected chi connectivity index (χ0v) is 14.9. The number of hydrogen-bond acceptors (Lipinski definition) is 4. The summed E-state index contributed by atoms with van der Waals surface area (Å²) in [5.41, 5.74) is 1.52. The summed E-state index contributed by atoms with van der Waals surface area (Å²) in [6, 6.07) is 14.2. The molecule has 1 aliphatic rings. The Labute approximate surface area is 152 Å². The third-order valence-corrected chi connectivity index (χ3v) is 4.10. The zero-order valence-electron chi connectivity index (χ0n) is 14.9. The van der Waals surface area contributed by atoms with E-state index < -0.39 is 6.04 Å². The fourth-order valence-electron chi connectivity index (χ4n) is 3.02. The summed E-state index contributed by atoms with van der Waals surface area (Å²) in [7, 11) is 0. The first-order valence-corrected chi connectivity index (χ1v) is 8.63. The lowest BCUT2D eigenvalue weighted by atomic mass is 10.1. The van der Waals surface area contributed by atoms with Gasteiger partial charge in [0.2, 0.25) is 5.91 Å². The minimum atomic E-state index is -0.695. The standard InChI is InChI=1S/C20H22N2O4/c1-3-25-16-9-10-18-17(13-16)19(21-14(2)23)20(24)22(18)11-12-26-15-7-5-4-6-8-15/h4-10,13,19H,3,11-12H2,1-2H3,(H,21,23)/t19-/m0/s1. The Balaban J connectivity index is 1.78. The van der Waals surface area contributed by atoms with Crippen LogP contribution in [0.2, 0.25) is 0 Å². The van der Waals surface area contributed by atoms with Gasteiger partial charge in [0.25, 0.3) is 5.91 Å². The molecule has 0 spiro atoms. The Kier molecular flexibility index (Phi) is 5.41. The van der Waals surface area contributed by atoms with Crippen LogP contribution in [0.4, 0.5) is 5.69 Å². The van der Waals surface area contributed by atoms with Gasteiger partial charge in [-0.1, -0.05) is 18.2 Å². The van der Waals surface area contributed by atoms with Crippen LogP contribution in [0.25, 0.3) is 0 Å². The van der Waals surface area contributed by atoms with Crippen LogP contribution in [-0.4, -0.2) is 31.6 Å². The molecule has 1 atom stereocenters. The van der Waals surface area contributed by atoms with Crippen LogP contribution in [-0.2, 0) is 9.59 Å². The minimum Gasteiger partial charge on any atom is -0.494 e. The highest BCUT2D eigenvalue weighted by atomic mass is 16.5. The summed E-state index contributed by atoms with van der Waals surface area (Å²) in [6.07, 6.45) is 0. The van der Waals surface area contributed by atoms with E-state index >= 15 is 0 Å². The topological polar surface area (TPSA) is 67.9 Å². The Bertz CT molecular complexity index is 792. The van der Waals surface area contributed by atoms with Crippen LogP contribution in [0.5, 0.6) is 11.5 Å². The van der Waals surface area contributed by atoms with Crippen molar-refractivity contribution in [3.63, 3.8) is 0 Å². The number of ether oxygens (including phenoxy) is 2. The van der Waals surface area contributed by atoms with Crippen LogP contribution < -0.4 is 19.7 Å². The molecule has 0 bridgehead atoms. The van der Waals surface area contributed by atoms with Crippen molar-refractivity contribution in [3.8, 4) is 11.5 Å². The number of carbonyl (C=O) groups excluding carboxylic acids is 2. The molecule has 0 saturated carbocycles. The molecule has 0 aromatic heterocycles. The maximum atomic E-state index is 12.8. The number of benzene rings is 2. The normalized spacial score (nSPS) is 15.5. The average Bonchev–Trinajstić information content (AvgIpc) is 2.88. The van der Waals surface area contributed by atoms with Gasteiger partial charge in [0.05, 0.1) is 13.2 Å². The van der Waals surface area contributed by atoms with Crippen LogP contribution in [0.1, 0.15) is 25.5 Å². The van der Waals surface area contributed by atoms with Crippen molar-refractivity contribution in [1.82, 2.24) is 5.32 Å². The highest BCUT2D eigenvalue weighted by Gasteiger charge is 2.38. The van der Waals surface area contributed by atoms with Crippen LogP contribution in [0.3, 0.4) is 0 Å². The Morgan fingerprint density at radius 1 is 1.12 bits per heavy atom. The first-order chi connectivity index (χ1) is 12.6. The summed E-state index contributed by atoms with van der Waals surface area (Å²) in [4.78, 5) is 26.0. The number of hydrogen-bond donors (Lipinski definition) is 1. The molecular formula is C20H22N2O4. The second-order valence-electron chi connectivity index (χ2n) is 5.94. The van der Waals surface area contributed by atoms with E-state index in [9.17, 15) is 9.59 Å².